The quantitative estimate of drug-likeness (QED) is 0.386. The number of ether oxygens (including phenoxy) is 2. The molecule has 1 fully saturated rings. The molecular weight excluding hydrogens is 518 g/mol. The van der Waals surface area contributed by atoms with Crippen LogP contribution < -0.4 is 20.7 Å². The summed E-state index contributed by atoms with van der Waals surface area (Å²) in [5.41, 5.74) is 1.47. The van der Waals surface area contributed by atoms with Crippen molar-refractivity contribution in [2.24, 2.45) is 5.92 Å². The average molecular weight is 549 g/mol. The first-order valence-electron chi connectivity index (χ1n) is 11.4. The molecule has 34 heavy (non-hydrogen) atoms. The molecular formula is C25H30BrN3O4S. The molecule has 3 rings (SSSR count). The van der Waals surface area contributed by atoms with Crippen molar-refractivity contribution in [2.75, 3.05) is 25.1 Å². The maximum atomic E-state index is 12.9. The lowest BCUT2D eigenvalue weighted by Gasteiger charge is -2.15. The van der Waals surface area contributed by atoms with Gasteiger partial charge in [0.2, 0.25) is 0 Å². The van der Waals surface area contributed by atoms with Gasteiger partial charge in [-0.3, -0.25) is 14.9 Å². The van der Waals surface area contributed by atoms with Crippen LogP contribution in [0.15, 0.2) is 46.9 Å². The second-order valence-corrected chi connectivity index (χ2v) is 9.83. The van der Waals surface area contributed by atoms with Gasteiger partial charge in [0.1, 0.15) is 5.75 Å². The summed E-state index contributed by atoms with van der Waals surface area (Å²) in [7, 11) is 0. The first-order valence-corrected chi connectivity index (χ1v) is 12.6. The topological polar surface area (TPSA) is 88.7 Å². The van der Waals surface area contributed by atoms with Gasteiger partial charge in [0.25, 0.3) is 11.8 Å². The normalized spacial score (nSPS) is 15.1. The zero-order valence-corrected chi connectivity index (χ0v) is 21.8. The maximum absolute atomic E-state index is 12.9. The predicted octanol–water partition coefficient (Wildman–Crippen LogP) is 4.91. The van der Waals surface area contributed by atoms with Gasteiger partial charge in [0.05, 0.1) is 18.3 Å². The molecule has 182 valence electrons. The Hall–Kier alpha value is -2.49. The molecule has 1 saturated heterocycles. The number of carbonyl (C=O) groups is 2. The third-order valence-corrected chi connectivity index (χ3v) is 5.96. The zero-order chi connectivity index (χ0) is 24.5. The zero-order valence-electron chi connectivity index (χ0n) is 19.4. The second kappa shape index (κ2) is 12.8. The minimum atomic E-state index is -0.385. The van der Waals surface area contributed by atoms with Crippen LogP contribution in [-0.4, -0.2) is 42.8 Å². The Morgan fingerprint density at radius 1 is 1.21 bits per heavy atom. The van der Waals surface area contributed by atoms with E-state index in [0.717, 1.165) is 30.3 Å². The number of nitrogens with one attached hydrogen (secondary N) is 3. The summed E-state index contributed by atoms with van der Waals surface area (Å²) < 4.78 is 12.1. The van der Waals surface area contributed by atoms with Crippen LogP contribution in [0.2, 0.25) is 0 Å². The number of thiocarbonyl (C=S) groups is 1. The molecule has 0 aromatic heterocycles. The Kier molecular flexibility index (Phi) is 9.86. The average Bonchev–Trinajstić information content (AvgIpc) is 3.32. The molecule has 0 radical (unpaired) electrons. The second-order valence-electron chi connectivity index (χ2n) is 8.51. The van der Waals surface area contributed by atoms with Gasteiger partial charge in [0.15, 0.2) is 5.11 Å². The Morgan fingerprint density at radius 3 is 2.76 bits per heavy atom. The van der Waals surface area contributed by atoms with E-state index < -0.39 is 0 Å². The molecule has 9 heteroatoms. The molecule has 1 aliphatic rings. The van der Waals surface area contributed by atoms with Crippen LogP contribution in [0, 0.1) is 5.92 Å². The van der Waals surface area contributed by atoms with Gasteiger partial charge >= 0.3 is 0 Å². The molecule has 1 aliphatic heterocycles. The fourth-order valence-corrected chi connectivity index (χ4v) is 3.97. The van der Waals surface area contributed by atoms with Gasteiger partial charge in [-0.1, -0.05) is 35.8 Å². The van der Waals surface area contributed by atoms with E-state index in [1.54, 1.807) is 36.4 Å². The summed E-state index contributed by atoms with van der Waals surface area (Å²) in [6, 6.07) is 12.2. The molecule has 2 aromatic carbocycles. The molecule has 3 N–H and O–H groups in total. The van der Waals surface area contributed by atoms with Gasteiger partial charge in [-0.05, 0) is 73.8 Å². The highest BCUT2D eigenvalue weighted by molar-refractivity contribution is 9.10. The molecule has 0 saturated carbocycles. The predicted molar refractivity (Wildman–Crippen MR) is 141 cm³/mol. The Balaban J connectivity index is 1.58. The maximum Gasteiger partial charge on any atom is 0.261 e. The van der Waals surface area contributed by atoms with E-state index in [-0.39, 0.29) is 23.0 Å². The van der Waals surface area contributed by atoms with Crippen molar-refractivity contribution in [2.45, 2.75) is 39.2 Å². The van der Waals surface area contributed by atoms with Gasteiger partial charge in [0, 0.05) is 28.9 Å². The fourth-order valence-electron chi connectivity index (χ4n) is 3.40. The molecule has 1 atom stereocenters. The van der Waals surface area contributed by atoms with Crippen LogP contribution in [0.3, 0.4) is 0 Å². The van der Waals surface area contributed by atoms with Gasteiger partial charge in [-0.15, -0.1) is 0 Å². The molecule has 0 aliphatic carbocycles. The van der Waals surface area contributed by atoms with Gasteiger partial charge < -0.3 is 20.1 Å². The van der Waals surface area contributed by atoms with Crippen LogP contribution in [0.4, 0.5) is 5.69 Å². The Morgan fingerprint density at radius 2 is 2.03 bits per heavy atom. The van der Waals surface area contributed by atoms with E-state index in [1.165, 1.54) is 0 Å². The summed E-state index contributed by atoms with van der Waals surface area (Å²) in [6.45, 7) is 5.98. The van der Waals surface area contributed by atoms with Crippen LogP contribution >= 0.6 is 28.1 Å². The number of rotatable bonds is 9. The van der Waals surface area contributed by atoms with Gasteiger partial charge in [-0.25, -0.2) is 0 Å². The van der Waals surface area contributed by atoms with Crippen molar-refractivity contribution in [1.29, 1.82) is 0 Å². The number of hydrogen-bond acceptors (Lipinski definition) is 5. The van der Waals surface area contributed by atoms with E-state index in [1.807, 2.05) is 6.07 Å². The summed E-state index contributed by atoms with van der Waals surface area (Å²) in [5, 5.41) is 8.67. The van der Waals surface area contributed by atoms with Crippen molar-refractivity contribution >= 4 is 50.8 Å². The van der Waals surface area contributed by atoms with Gasteiger partial charge in [-0.2, -0.15) is 0 Å². The lowest BCUT2D eigenvalue weighted by Crippen LogP contribution is -2.34. The molecule has 2 aromatic rings. The number of amides is 2. The highest BCUT2D eigenvalue weighted by Crippen LogP contribution is 2.24. The highest BCUT2D eigenvalue weighted by Gasteiger charge is 2.18. The van der Waals surface area contributed by atoms with E-state index in [9.17, 15) is 9.59 Å². The largest absolute Gasteiger partial charge is 0.493 e. The van der Waals surface area contributed by atoms with E-state index in [2.05, 4.69) is 45.7 Å². The Labute approximate surface area is 214 Å². The lowest BCUT2D eigenvalue weighted by molar-refractivity contribution is 0.0857. The standard InChI is InChI=1S/C25H30BrN3O4S/c1-16(2)10-12-33-22-9-8-18(26)14-21(22)24(31)29-25(34)28-19-6-3-5-17(13-19)23(30)27-15-20-7-4-11-32-20/h3,5-6,8-9,13-14,16,20H,4,7,10-12,15H2,1-2H3,(H,27,30)(H2,28,29,31,34). The van der Waals surface area contributed by atoms with E-state index >= 15 is 0 Å². The van der Waals surface area contributed by atoms with Crippen molar-refractivity contribution in [3.63, 3.8) is 0 Å². The Bertz CT molecular complexity index is 1020. The highest BCUT2D eigenvalue weighted by atomic mass is 79.9. The van der Waals surface area contributed by atoms with Crippen LogP contribution in [0.5, 0.6) is 5.75 Å². The van der Waals surface area contributed by atoms with Crippen molar-refractivity contribution in [3.8, 4) is 5.75 Å². The van der Waals surface area contributed by atoms with Crippen LogP contribution in [-0.2, 0) is 4.74 Å². The van der Waals surface area contributed by atoms with Crippen molar-refractivity contribution in [1.82, 2.24) is 10.6 Å². The summed E-state index contributed by atoms with van der Waals surface area (Å²) >= 11 is 8.73. The monoisotopic (exact) mass is 547 g/mol. The van der Waals surface area contributed by atoms with E-state index in [4.69, 9.17) is 21.7 Å². The third kappa shape index (κ3) is 8.07. The smallest absolute Gasteiger partial charge is 0.261 e. The molecule has 2 amide bonds. The number of halogens is 1. The molecule has 1 unspecified atom stereocenters. The number of benzene rings is 2. The molecule has 0 bridgehead atoms. The first-order chi connectivity index (χ1) is 16.3. The lowest BCUT2D eigenvalue weighted by atomic mass is 10.1. The van der Waals surface area contributed by atoms with Crippen LogP contribution in [0.25, 0.3) is 0 Å². The first kappa shape index (κ1) is 26.1. The van der Waals surface area contributed by atoms with Crippen molar-refractivity contribution < 1.29 is 19.1 Å². The number of carbonyl (C=O) groups excluding carboxylic acids is 2. The van der Waals surface area contributed by atoms with Crippen molar-refractivity contribution in [3.05, 3.63) is 58.1 Å². The third-order valence-electron chi connectivity index (χ3n) is 5.26. The summed E-state index contributed by atoms with van der Waals surface area (Å²) in [6.07, 6.45) is 2.94. The molecule has 7 nitrogen and oxygen atoms in total. The molecule has 1 heterocycles. The molecule has 0 spiro atoms. The number of hydrogen-bond donors (Lipinski definition) is 3. The summed E-state index contributed by atoms with van der Waals surface area (Å²) in [5.74, 6) is 0.419. The fraction of sp³-hybridized carbons (Fsp3) is 0.400. The number of anilines is 1. The minimum Gasteiger partial charge on any atom is -0.493 e. The summed E-state index contributed by atoms with van der Waals surface area (Å²) in [4.78, 5) is 25.4. The SMILES string of the molecule is CC(C)CCOc1ccc(Br)cc1C(=O)NC(=S)Nc1cccc(C(=O)NCC2CCCO2)c1. The minimum absolute atomic E-state index is 0.0744. The van der Waals surface area contributed by atoms with Crippen LogP contribution in [0.1, 0.15) is 53.8 Å². The van der Waals surface area contributed by atoms with E-state index in [0.29, 0.717) is 41.6 Å².